The van der Waals surface area contributed by atoms with E-state index in [9.17, 15) is 4.39 Å². The summed E-state index contributed by atoms with van der Waals surface area (Å²) >= 11 is 0. The minimum absolute atomic E-state index is 0.184. The molecule has 102 valence electrons. The summed E-state index contributed by atoms with van der Waals surface area (Å²) in [6.07, 6.45) is 2.06. The Bertz CT molecular complexity index is 759. The molecule has 0 saturated carbocycles. The molecule has 0 aliphatic heterocycles. The molecule has 3 rings (SSSR count). The highest BCUT2D eigenvalue weighted by atomic mass is 19.1. The molecule has 0 unspecified atom stereocenters. The van der Waals surface area contributed by atoms with Crippen LogP contribution in [0.5, 0.6) is 0 Å². The molecule has 2 nitrogen and oxygen atoms in total. The van der Waals surface area contributed by atoms with Crippen molar-refractivity contribution in [2.75, 3.05) is 0 Å². The second kappa shape index (κ2) is 5.10. The van der Waals surface area contributed by atoms with Gasteiger partial charge < -0.3 is 10.3 Å². The van der Waals surface area contributed by atoms with Crippen LogP contribution < -0.4 is 5.73 Å². The van der Waals surface area contributed by atoms with E-state index in [-0.39, 0.29) is 5.82 Å². The number of hydrogen-bond acceptors (Lipinski definition) is 1. The third-order valence-electron chi connectivity index (χ3n) is 3.72. The van der Waals surface area contributed by atoms with Crippen LogP contribution in [0.15, 0.2) is 48.7 Å². The van der Waals surface area contributed by atoms with E-state index in [1.165, 1.54) is 17.0 Å². The Kier molecular flexibility index (Phi) is 3.28. The van der Waals surface area contributed by atoms with Crippen LogP contribution in [0.4, 0.5) is 4.39 Å². The molecule has 0 amide bonds. The molecule has 0 fully saturated rings. The fourth-order valence-electron chi connectivity index (χ4n) is 2.53. The van der Waals surface area contributed by atoms with Crippen molar-refractivity contribution in [3.8, 4) is 0 Å². The Hall–Kier alpha value is -2.13. The van der Waals surface area contributed by atoms with Crippen LogP contribution in [-0.2, 0) is 13.1 Å². The van der Waals surface area contributed by atoms with Gasteiger partial charge in [-0.25, -0.2) is 4.39 Å². The number of nitrogens with zero attached hydrogens (tertiary/aromatic N) is 1. The normalized spacial score (nSPS) is 11.2. The Labute approximate surface area is 117 Å². The van der Waals surface area contributed by atoms with Crippen LogP contribution in [0, 0.1) is 12.7 Å². The molecular weight excluding hydrogens is 251 g/mol. The molecule has 20 heavy (non-hydrogen) atoms. The number of aryl methyl sites for hydroxylation is 1. The smallest absolute Gasteiger partial charge is 0.123 e. The largest absolute Gasteiger partial charge is 0.343 e. The summed E-state index contributed by atoms with van der Waals surface area (Å²) in [7, 11) is 0. The summed E-state index contributed by atoms with van der Waals surface area (Å²) in [6.45, 7) is 3.24. The SMILES string of the molecule is Cc1cc(F)ccc1Cn1ccc2cc(CN)ccc21. The van der Waals surface area contributed by atoms with E-state index >= 15 is 0 Å². The van der Waals surface area contributed by atoms with Gasteiger partial charge in [0.2, 0.25) is 0 Å². The maximum Gasteiger partial charge on any atom is 0.123 e. The second-order valence-electron chi connectivity index (χ2n) is 5.11. The van der Waals surface area contributed by atoms with Crippen molar-refractivity contribution in [3.05, 3.63) is 71.2 Å². The summed E-state index contributed by atoms with van der Waals surface area (Å²) < 4.78 is 15.3. The van der Waals surface area contributed by atoms with Gasteiger partial charge in [-0.15, -0.1) is 0 Å². The van der Waals surface area contributed by atoms with E-state index in [0.717, 1.165) is 23.2 Å². The van der Waals surface area contributed by atoms with Crippen molar-refractivity contribution in [1.82, 2.24) is 4.57 Å². The van der Waals surface area contributed by atoms with E-state index in [2.05, 4.69) is 35.0 Å². The maximum atomic E-state index is 13.1. The average molecular weight is 268 g/mol. The number of halogens is 1. The van der Waals surface area contributed by atoms with Crippen molar-refractivity contribution in [2.45, 2.75) is 20.0 Å². The van der Waals surface area contributed by atoms with Crippen LogP contribution in [0.3, 0.4) is 0 Å². The summed E-state index contributed by atoms with van der Waals surface area (Å²) in [4.78, 5) is 0. The standard InChI is InChI=1S/C17H17FN2/c1-12-8-16(18)4-3-15(12)11-20-7-6-14-9-13(10-19)2-5-17(14)20/h2-9H,10-11,19H2,1H3. The van der Waals surface area contributed by atoms with Crippen LogP contribution in [0.25, 0.3) is 10.9 Å². The lowest BCUT2D eigenvalue weighted by Crippen LogP contribution is -2.01. The van der Waals surface area contributed by atoms with Crippen molar-refractivity contribution in [2.24, 2.45) is 5.73 Å². The molecule has 1 heterocycles. The van der Waals surface area contributed by atoms with Crippen LogP contribution >= 0.6 is 0 Å². The Morgan fingerprint density at radius 1 is 1.10 bits per heavy atom. The molecular formula is C17H17FN2. The van der Waals surface area contributed by atoms with E-state index in [1.54, 1.807) is 6.07 Å². The number of hydrogen-bond donors (Lipinski definition) is 1. The van der Waals surface area contributed by atoms with Crippen LogP contribution in [0.1, 0.15) is 16.7 Å². The van der Waals surface area contributed by atoms with Crippen LogP contribution in [0.2, 0.25) is 0 Å². The lowest BCUT2D eigenvalue weighted by atomic mass is 10.1. The Morgan fingerprint density at radius 2 is 1.95 bits per heavy atom. The minimum atomic E-state index is -0.184. The molecule has 1 aromatic heterocycles. The molecule has 3 aromatic rings. The molecule has 0 bridgehead atoms. The van der Waals surface area contributed by atoms with Gasteiger partial charge in [0.15, 0.2) is 0 Å². The van der Waals surface area contributed by atoms with Crippen molar-refractivity contribution in [1.29, 1.82) is 0 Å². The van der Waals surface area contributed by atoms with E-state index in [0.29, 0.717) is 6.54 Å². The highest BCUT2D eigenvalue weighted by molar-refractivity contribution is 5.81. The highest BCUT2D eigenvalue weighted by Gasteiger charge is 2.05. The van der Waals surface area contributed by atoms with Gasteiger partial charge in [-0.3, -0.25) is 0 Å². The summed E-state index contributed by atoms with van der Waals surface area (Å²) in [5.41, 5.74) is 10.1. The number of aromatic nitrogens is 1. The molecule has 0 aliphatic carbocycles. The predicted octanol–water partition coefficient (Wildman–Crippen LogP) is 3.60. The van der Waals surface area contributed by atoms with Gasteiger partial charge in [-0.2, -0.15) is 0 Å². The summed E-state index contributed by atoms with van der Waals surface area (Å²) in [5, 5.41) is 1.19. The lowest BCUT2D eigenvalue weighted by molar-refractivity contribution is 0.625. The number of nitrogens with two attached hydrogens (primary N) is 1. The van der Waals surface area contributed by atoms with Gasteiger partial charge in [0, 0.05) is 24.8 Å². The van der Waals surface area contributed by atoms with Gasteiger partial charge in [0.05, 0.1) is 0 Å². The molecule has 2 N–H and O–H groups in total. The van der Waals surface area contributed by atoms with E-state index in [1.807, 2.05) is 13.0 Å². The van der Waals surface area contributed by atoms with Gasteiger partial charge >= 0.3 is 0 Å². The zero-order valence-electron chi connectivity index (χ0n) is 11.4. The zero-order valence-corrected chi connectivity index (χ0v) is 11.4. The maximum absolute atomic E-state index is 13.1. The van der Waals surface area contributed by atoms with Crippen molar-refractivity contribution < 1.29 is 4.39 Å². The number of benzene rings is 2. The van der Waals surface area contributed by atoms with Gasteiger partial charge in [-0.1, -0.05) is 12.1 Å². The molecule has 2 aromatic carbocycles. The molecule has 0 radical (unpaired) electrons. The Morgan fingerprint density at radius 3 is 2.70 bits per heavy atom. The molecule has 0 saturated heterocycles. The monoisotopic (exact) mass is 268 g/mol. The van der Waals surface area contributed by atoms with E-state index < -0.39 is 0 Å². The first-order valence-corrected chi connectivity index (χ1v) is 6.70. The first-order chi connectivity index (χ1) is 9.67. The second-order valence-corrected chi connectivity index (χ2v) is 5.11. The third-order valence-corrected chi connectivity index (χ3v) is 3.72. The summed E-state index contributed by atoms with van der Waals surface area (Å²) in [6, 6.07) is 13.3. The van der Waals surface area contributed by atoms with Crippen LogP contribution in [-0.4, -0.2) is 4.57 Å². The molecule has 0 aliphatic rings. The fourth-order valence-corrected chi connectivity index (χ4v) is 2.53. The quantitative estimate of drug-likeness (QED) is 0.773. The van der Waals surface area contributed by atoms with Crippen molar-refractivity contribution in [3.63, 3.8) is 0 Å². The van der Waals surface area contributed by atoms with Gasteiger partial charge in [0.1, 0.15) is 5.82 Å². The third kappa shape index (κ3) is 2.32. The number of rotatable bonds is 3. The number of fused-ring (bicyclic) bond motifs is 1. The fraction of sp³-hybridized carbons (Fsp3) is 0.176. The highest BCUT2D eigenvalue weighted by Crippen LogP contribution is 2.20. The minimum Gasteiger partial charge on any atom is -0.343 e. The van der Waals surface area contributed by atoms with E-state index in [4.69, 9.17) is 5.73 Å². The zero-order chi connectivity index (χ0) is 14.1. The molecule has 0 atom stereocenters. The Balaban J connectivity index is 1.98. The summed E-state index contributed by atoms with van der Waals surface area (Å²) in [5.74, 6) is -0.184. The topological polar surface area (TPSA) is 30.9 Å². The first kappa shape index (κ1) is 12.9. The molecule has 0 spiro atoms. The van der Waals surface area contributed by atoms with Gasteiger partial charge in [-0.05, 0) is 59.3 Å². The molecule has 3 heteroatoms. The van der Waals surface area contributed by atoms with Crippen molar-refractivity contribution >= 4 is 10.9 Å². The lowest BCUT2D eigenvalue weighted by Gasteiger charge is -2.09. The average Bonchev–Trinajstić information content (AvgIpc) is 2.84. The first-order valence-electron chi connectivity index (χ1n) is 6.70. The predicted molar refractivity (Wildman–Crippen MR) is 80.1 cm³/mol. The van der Waals surface area contributed by atoms with Gasteiger partial charge in [0.25, 0.3) is 0 Å².